The van der Waals surface area contributed by atoms with Gasteiger partial charge in [0, 0.05) is 51.3 Å². The van der Waals surface area contributed by atoms with E-state index in [4.69, 9.17) is 0 Å². The van der Waals surface area contributed by atoms with Crippen LogP contribution >= 0.6 is 0 Å². The van der Waals surface area contributed by atoms with Crippen LogP contribution in [0.3, 0.4) is 0 Å². The summed E-state index contributed by atoms with van der Waals surface area (Å²) in [6.07, 6.45) is 0.960. The number of halogens is 3. The number of ether oxygens (including phenoxy) is 1. The Bertz CT molecular complexity index is 671. The van der Waals surface area contributed by atoms with Crippen molar-refractivity contribution in [2.75, 3.05) is 20.2 Å². The van der Waals surface area contributed by atoms with E-state index >= 15 is 0 Å². The lowest BCUT2D eigenvalue weighted by molar-refractivity contribution is -0.154. The minimum Gasteiger partial charge on any atom is -0.468 e. The van der Waals surface area contributed by atoms with Gasteiger partial charge in [-0.15, -0.1) is 0 Å². The number of rotatable bonds is 7. The number of nitrogens with one attached hydrogen (secondary N) is 2. The second kappa shape index (κ2) is 8.95. The van der Waals surface area contributed by atoms with Crippen molar-refractivity contribution in [3.63, 3.8) is 0 Å². The summed E-state index contributed by atoms with van der Waals surface area (Å²) in [5.74, 6) is 0.536. The largest absolute Gasteiger partial charge is 0.468 e. The predicted molar refractivity (Wildman–Crippen MR) is 88.4 cm³/mol. The lowest BCUT2D eigenvalue weighted by Gasteiger charge is -2.13. The molecule has 6 nitrogen and oxygen atoms in total. The van der Waals surface area contributed by atoms with E-state index in [1.165, 1.54) is 12.3 Å². The third kappa shape index (κ3) is 7.15. The molecule has 2 rings (SSSR count). The molecule has 0 bridgehead atoms. The van der Waals surface area contributed by atoms with Crippen molar-refractivity contribution in [3.8, 4) is 5.88 Å². The fraction of sp³-hybridized carbons (Fsp3) is 0.375. The molecule has 0 aliphatic heterocycles. The Morgan fingerprint density at radius 1 is 1.28 bits per heavy atom. The van der Waals surface area contributed by atoms with Crippen LogP contribution in [0.25, 0.3) is 0 Å². The van der Waals surface area contributed by atoms with Gasteiger partial charge in [-0.2, -0.15) is 13.2 Å². The minimum absolute atomic E-state index is 0.0628. The first kappa shape index (κ1) is 18.6. The van der Waals surface area contributed by atoms with Crippen LogP contribution < -0.4 is 15.4 Å². The second-order valence-electron chi connectivity index (χ2n) is 5.18. The van der Waals surface area contributed by atoms with Gasteiger partial charge in [0.05, 0.1) is 0 Å². The molecule has 0 fully saturated rings. The van der Waals surface area contributed by atoms with Gasteiger partial charge in [-0.3, -0.25) is 4.99 Å². The monoisotopic (exact) mass is 355 g/mol. The Balaban J connectivity index is 1.78. The van der Waals surface area contributed by atoms with Crippen LogP contribution in [0.15, 0.2) is 47.8 Å². The molecular weight excluding hydrogens is 335 g/mol. The average molecular weight is 355 g/mol. The van der Waals surface area contributed by atoms with Crippen molar-refractivity contribution in [1.29, 1.82) is 0 Å². The Morgan fingerprint density at radius 2 is 2.04 bits per heavy atom. The number of aromatic nitrogens is 2. The van der Waals surface area contributed by atoms with Gasteiger partial charge in [-0.25, -0.2) is 4.98 Å². The van der Waals surface area contributed by atoms with Gasteiger partial charge in [-0.05, 0) is 23.8 Å². The predicted octanol–water partition coefficient (Wildman–Crippen LogP) is 2.19. The maximum Gasteiger partial charge on any atom is 0.422 e. The van der Waals surface area contributed by atoms with Gasteiger partial charge in [0.25, 0.3) is 0 Å². The highest BCUT2D eigenvalue weighted by molar-refractivity contribution is 5.79. The molecule has 0 radical (unpaired) electrons. The van der Waals surface area contributed by atoms with E-state index in [0.29, 0.717) is 19.0 Å². The second-order valence-corrected chi connectivity index (χ2v) is 5.18. The summed E-state index contributed by atoms with van der Waals surface area (Å²) < 4.78 is 43.2. The zero-order valence-corrected chi connectivity index (χ0v) is 13.8. The molecule has 0 unspecified atom stereocenters. The Kier molecular flexibility index (Phi) is 6.67. The SMILES string of the molecule is CN=C(NCCn1cccc1)NCc1ccnc(OCC(F)(F)F)c1. The summed E-state index contributed by atoms with van der Waals surface area (Å²) in [6, 6.07) is 7.07. The molecule has 0 saturated heterocycles. The number of aliphatic imine (C=N–C) groups is 1. The number of pyridine rings is 1. The van der Waals surface area contributed by atoms with E-state index in [0.717, 1.165) is 12.1 Å². The lowest BCUT2D eigenvalue weighted by Crippen LogP contribution is -2.38. The third-order valence-corrected chi connectivity index (χ3v) is 3.20. The molecule has 25 heavy (non-hydrogen) atoms. The normalized spacial score (nSPS) is 12.1. The highest BCUT2D eigenvalue weighted by Crippen LogP contribution is 2.17. The summed E-state index contributed by atoms with van der Waals surface area (Å²) in [6.45, 7) is 0.497. The van der Waals surface area contributed by atoms with E-state index in [1.54, 1.807) is 13.1 Å². The molecule has 9 heteroatoms. The number of hydrogen-bond donors (Lipinski definition) is 2. The van der Waals surface area contributed by atoms with Gasteiger partial charge in [0.15, 0.2) is 12.6 Å². The molecule has 2 aromatic rings. The van der Waals surface area contributed by atoms with Crippen molar-refractivity contribution < 1.29 is 17.9 Å². The van der Waals surface area contributed by atoms with Crippen molar-refractivity contribution in [3.05, 3.63) is 48.4 Å². The molecule has 2 aromatic heterocycles. The van der Waals surface area contributed by atoms with Gasteiger partial charge < -0.3 is 19.9 Å². The molecule has 0 atom stereocenters. The summed E-state index contributed by atoms with van der Waals surface area (Å²) in [5, 5.41) is 6.25. The van der Waals surface area contributed by atoms with Gasteiger partial charge in [0.2, 0.25) is 5.88 Å². The highest BCUT2D eigenvalue weighted by Gasteiger charge is 2.28. The first-order chi connectivity index (χ1) is 12.0. The van der Waals surface area contributed by atoms with Crippen LogP contribution in [0.5, 0.6) is 5.88 Å². The zero-order chi connectivity index (χ0) is 18.1. The summed E-state index contributed by atoms with van der Waals surface area (Å²) in [5.41, 5.74) is 0.737. The molecule has 0 amide bonds. The fourth-order valence-corrected chi connectivity index (χ4v) is 2.02. The molecule has 2 N–H and O–H groups in total. The number of nitrogens with zero attached hydrogens (tertiary/aromatic N) is 3. The van der Waals surface area contributed by atoms with E-state index in [9.17, 15) is 13.2 Å². The fourth-order valence-electron chi connectivity index (χ4n) is 2.02. The molecule has 0 aromatic carbocycles. The summed E-state index contributed by atoms with van der Waals surface area (Å²) in [7, 11) is 1.65. The van der Waals surface area contributed by atoms with E-state index in [2.05, 4.69) is 25.3 Å². The Morgan fingerprint density at radius 3 is 2.72 bits per heavy atom. The average Bonchev–Trinajstić information content (AvgIpc) is 3.09. The van der Waals surface area contributed by atoms with Crippen LogP contribution in [0.4, 0.5) is 13.2 Å². The Hall–Kier alpha value is -2.71. The highest BCUT2D eigenvalue weighted by atomic mass is 19.4. The van der Waals surface area contributed by atoms with Gasteiger partial charge in [-0.1, -0.05) is 0 Å². The molecule has 2 heterocycles. The van der Waals surface area contributed by atoms with Crippen molar-refractivity contribution >= 4 is 5.96 Å². The van der Waals surface area contributed by atoms with Crippen molar-refractivity contribution in [2.24, 2.45) is 4.99 Å². The van der Waals surface area contributed by atoms with Crippen molar-refractivity contribution in [1.82, 2.24) is 20.2 Å². The number of guanidine groups is 1. The van der Waals surface area contributed by atoms with Crippen LogP contribution in [-0.4, -0.2) is 41.9 Å². The van der Waals surface area contributed by atoms with Crippen molar-refractivity contribution in [2.45, 2.75) is 19.3 Å². The first-order valence-electron chi connectivity index (χ1n) is 7.66. The van der Waals surface area contributed by atoms with Gasteiger partial charge in [0.1, 0.15) is 0 Å². The van der Waals surface area contributed by atoms with E-state index in [1.807, 2.05) is 29.1 Å². The molecule has 0 aliphatic carbocycles. The van der Waals surface area contributed by atoms with Crippen LogP contribution in [0.1, 0.15) is 5.56 Å². The maximum atomic E-state index is 12.2. The molecule has 0 saturated carbocycles. The smallest absolute Gasteiger partial charge is 0.422 e. The Labute approximate surface area is 143 Å². The summed E-state index contributed by atoms with van der Waals surface area (Å²) in [4.78, 5) is 7.87. The first-order valence-corrected chi connectivity index (χ1v) is 7.66. The zero-order valence-electron chi connectivity index (χ0n) is 13.8. The topological polar surface area (TPSA) is 63.5 Å². The quantitative estimate of drug-likeness (QED) is 0.590. The molecule has 0 spiro atoms. The minimum atomic E-state index is -4.39. The molecule has 136 valence electrons. The lowest BCUT2D eigenvalue weighted by atomic mass is 10.2. The number of hydrogen-bond acceptors (Lipinski definition) is 3. The molecular formula is C16H20F3N5O. The van der Waals surface area contributed by atoms with Crippen LogP contribution in [0.2, 0.25) is 0 Å². The third-order valence-electron chi connectivity index (χ3n) is 3.20. The van der Waals surface area contributed by atoms with E-state index in [-0.39, 0.29) is 5.88 Å². The maximum absolute atomic E-state index is 12.2. The molecule has 0 aliphatic rings. The van der Waals surface area contributed by atoms with Gasteiger partial charge >= 0.3 is 6.18 Å². The number of alkyl halides is 3. The van der Waals surface area contributed by atoms with E-state index < -0.39 is 12.8 Å². The van der Waals surface area contributed by atoms with Crippen LogP contribution in [-0.2, 0) is 13.1 Å². The van der Waals surface area contributed by atoms with Crippen LogP contribution in [0, 0.1) is 0 Å². The summed E-state index contributed by atoms with van der Waals surface area (Å²) >= 11 is 0. The standard InChI is InChI=1S/C16H20F3N5O/c1-20-15(22-6-9-24-7-2-3-8-24)23-11-13-4-5-21-14(10-13)25-12-16(17,18)19/h2-5,7-8,10H,6,9,11-12H2,1H3,(H2,20,22,23).